The second-order valence-corrected chi connectivity index (χ2v) is 6.11. The van der Waals surface area contributed by atoms with Crippen molar-refractivity contribution in [2.24, 2.45) is 5.73 Å². The molecule has 0 aromatic carbocycles. The molecule has 1 saturated carbocycles. The SMILES string of the molecule is CCN(C1CCC(N)CC1)C1CCCc2occc21. The minimum absolute atomic E-state index is 0.436. The third-order valence-corrected chi connectivity index (χ3v) is 5.00. The van der Waals surface area contributed by atoms with E-state index in [0.29, 0.717) is 12.1 Å². The molecule has 1 aromatic rings. The van der Waals surface area contributed by atoms with Crippen molar-refractivity contribution < 1.29 is 4.42 Å². The van der Waals surface area contributed by atoms with Crippen LogP contribution in [0.2, 0.25) is 0 Å². The number of rotatable bonds is 3. The average molecular weight is 262 g/mol. The van der Waals surface area contributed by atoms with Crippen LogP contribution in [0.5, 0.6) is 0 Å². The molecule has 3 rings (SSSR count). The van der Waals surface area contributed by atoms with Gasteiger partial charge in [-0.1, -0.05) is 6.92 Å². The molecule has 0 aliphatic heterocycles. The zero-order chi connectivity index (χ0) is 13.2. The molecule has 3 heteroatoms. The fourth-order valence-electron chi connectivity index (χ4n) is 3.97. The van der Waals surface area contributed by atoms with Gasteiger partial charge in [0, 0.05) is 30.1 Å². The molecule has 1 fully saturated rings. The Balaban J connectivity index is 1.76. The largest absolute Gasteiger partial charge is 0.469 e. The number of fused-ring (bicyclic) bond motifs is 1. The van der Waals surface area contributed by atoms with Crippen LogP contribution in [-0.2, 0) is 6.42 Å². The van der Waals surface area contributed by atoms with Crippen LogP contribution in [-0.4, -0.2) is 23.5 Å². The van der Waals surface area contributed by atoms with Gasteiger partial charge in [-0.3, -0.25) is 4.90 Å². The Kier molecular flexibility index (Phi) is 3.94. The van der Waals surface area contributed by atoms with Gasteiger partial charge in [-0.15, -0.1) is 0 Å². The molecule has 0 radical (unpaired) electrons. The first-order valence-corrected chi connectivity index (χ1v) is 7.87. The smallest absolute Gasteiger partial charge is 0.108 e. The predicted molar refractivity (Wildman–Crippen MR) is 77.0 cm³/mol. The van der Waals surface area contributed by atoms with E-state index in [2.05, 4.69) is 17.9 Å². The maximum absolute atomic E-state index is 6.04. The second kappa shape index (κ2) is 5.68. The number of aryl methyl sites for hydroxylation is 1. The van der Waals surface area contributed by atoms with Crippen LogP contribution >= 0.6 is 0 Å². The van der Waals surface area contributed by atoms with Crippen LogP contribution in [0.25, 0.3) is 0 Å². The fraction of sp³-hybridized carbons (Fsp3) is 0.750. The highest BCUT2D eigenvalue weighted by molar-refractivity contribution is 5.24. The van der Waals surface area contributed by atoms with Gasteiger partial charge in [0.1, 0.15) is 5.76 Å². The Labute approximate surface area is 116 Å². The predicted octanol–water partition coefficient (Wildman–Crippen LogP) is 3.25. The summed E-state index contributed by atoms with van der Waals surface area (Å²) in [5, 5.41) is 0. The van der Waals surface area contributed by atoms with Gasteiger partial charge in [0.05, 0.1) is 6.26 Å². The van der Waals surface area contributed by atoms with Gasteiger partial charge in [0.15, 0.2) is 0 Å². The maximum atomic E-state index is 6.04. The lowest BCUT2D eigenvalue weighted by Crippen LogP contribution is -2.43. The topological polar surface area (TPSA) is 42.4 Å². The summed E-state index contributed by atoms with van der Waals surface area (Å²) < 4.78 is 5.64. The van der Waals surface area contributed by atoms with Crippen molar-refractivity contribution in [2.45, 2.75) is 70.0 Å². The Morgan fingerprint density at radius 2 is 2.05 bits per heavy atom. The van der Waals surface area contributed by atoms with Crippen molar-refractivity contribution in [3.05, 3.63) is 23.7 Å². The van der Waals surface area contributed by atoms with Crippen molar-refractivity contribution in [3.8, 4) is 0 Å². The number of nitrogens with two attached hydrogens (primary N) is 1. The van der Waals surface area contributed by atoms with Gasteiger partial charge < -0.3 is 10.2 Å². The van der Waals surface area contributed by atoms with Gasteiger partial charge in [-0.25, -0.2) is 0 Å². The zero-order valence-electron chi connectivity index (χ0n) is 12.0. The lowest BCUT2D eigenvalue weighted by molar-refractivity contribution is 0.0937. The first-order valence-electron chi connectivity index (χ1n) is 7.87. The molecule has 2 aliphatic rings. The summed E-state index contributed by atoms with van der Waals surface area (Å²) in [6.07, 6.45) is 10.4. The molecule has 1 atom stereocenters. The van der Waals surface area contributed by atoms with E-state index in [1.807, 2.05) is 6.26 Å². The van der Waals surface area contributed by atoms with Crippen molar-refractivity contribution >= 4 is 0 Å². The van der Waals surface area contributed by atoms with Gasteiger partial charge in [0.25, 0.3) is 0 Å². The third-order valence-electron chi connectivity index (χ3n) is 5.00. The first-order chi connectivity index (χ1) is 9.29. The van der Waals surface area contributed by atoms with E-state index < -0.39 is 0 Å². The summed E-state index contributed by atoms with van der Waals surface area (Å²) in [4.78, 5) is 2.71. The van der Waals surface area contributed by atoms with E-state index in [4.69, 9.17) is 10.2 Å². The molecule has 106 valence electrons. The molecule has 2 N–H and O–H groups in total. The van der Waals surface area contributed by atoms with Gasteiger partial charge in [-0.2, -0.15) is 0 Å². The molecule has 1 heterocycles. The summed E-state index contributed by atoms with van der Waals surface area (Å²) >= 11 is 0. The summed E-state index contributed by atoms with van der Waals surface area (Å²) in [5.74, 6) is 1.22. The molecule has 3 nitrogen and oxygen atoms in total. The molecule has 1 aromatic heterocycles. The van der Waals surface area contributed by atoms with Gasteiger partial charge in [-0.05, 0) is 51.1 Å². The third kappa shape index (κ3) is 2.59. The molecule has 2 aliphatic carbocycles. The monoisotopic (exact) mass is 262 g/mol. The van der Waals surface area contributed by atoms with Crippen LogP contribution in [0, 0.1) is 0 Å². The van der Waals surface area contributed by atoms with Gasteiger partial charge in [0.2, 0.25) is 0 Å². The number of nitrogens with zero attached hydrogens (tertiary/aromatic N) is 1. The molecule has 0 bridgehead atoms. The van der Waals surface area contributed by atoms with E-state index in [0.717, 1.165) is 19.0 Å². The van der Waals surface area contributed by atoms with Crippen LogP contribution < -0.4 is 5.73 Å². The summed E-state index contributed by atoms with van der Waals surface area (Å²) in [6, 6.07) is 3.92. The molecule has 0 saturated heterocycles. The Bertz CT molecular complexity index is 407. The number of hydrogen-bond donors (Lipinski definition) is 1. The second-order valence-electron chi connectivity index (χ2n) is 6.11. The van der Waals surface area contributed by atoms with E-state index in [-0.39, 0.29) is 0 Å². The summed E-state index contributed by atoms with van der Waals surface area (Å²) in [6.45, 7) is 3.43. The van der Waals surface area contributed by atoms with Crippen molar-refractivity contribution in [1.29, 1.82) is 0 Å². The summed E-state index contributed by atoms with van der Waals surface area (Å²) in [7, 11) is 0. The van der Waals surface area contributed by atoms with Crippen molar-refractivity contribution in [3.63, 3.8) is 0 Å². The highest BCUT2D eigenvalue weighted by atomic mass is 16.3. The Morgan fingerprint density at radius 1 is 1.26 bits per heavy atom. The van der Waals surface area contributed by atoms with Gasteiger partial charge >= 0.3 is 0 Å². The Hall–Kier alpha value is -0.800. The van der Waals surface area contributed by atoms with Crippen LogP contribution in [0.1, 0.15) is 62.8 Å². The lowest BCUT2D eigenvalue weighted by Gasteiger charge is -2.41. The first kappa shape index (κ1) is 13.2. The molecular weight excluding hydrogens is 236 g/mol. The number of furan rings is 1. The van der Waals surface area contributed by atoms with E-state index in [1.165, 1.54) is 49.8 Å². The standard InChI is InChI=1S/C16H26N2O/c1-2-18(13-8-6-12(17)7-9-13)15-4-3-5-16-14(15)10-11-19-16/h10-13,15H,2-9,17H2,1H3. The van der Waals surface area contributed by atoms with Crippen LogP contribution in [0.3, 0.4) is 0 Å². The summed E-state index contributed by atoms with van der Waals surface area (Å²) in [5.41, 5.74) is 7.49. The van der Waals surface area contributed by atoms with E-state index in [9.17, 15) is 0 Å². The molecule has 0 amide bonds. The van der Waals surface area contributed by atoms with Crippen LogP contribution in [0.15, 0.2) is 16.7 Å². The minimum Gasteiger partial charge on any atom is -0.469 e. The van der Waals surface area contributed by atoms with E-state index in [1.54, 1.807) is 0 Å². The molecule has 19 heavy (non-hydrogen) atoms. The average Bonchev–Trinajstić information content (AvgIpc) is 2.91. The minimum atomic E-state index is 0.436. The van der Waals surface area contributed by atoms with Crippen molar-refractivity contribution in [2.75, 3.05) is 6.54 Å². The highest BCUT2D eigenvalue weighted by Gasteiger charge is 2.32. The molecule has 1 unspecified atom stereocenters. The van der Waals surface area contributed by atoms with E-state index >= 15 is 0 Å². The quantitative estimate of drug-likeness (QED) is 0.909. The van der Waals surface area contributed by atoms with Crippen molar-refractivity contribution in [1.82, 2.24) is 4.90 Å². The zero-order valence-corrected chi connectivity index (χ0v) is 12.0. The highest BCUT2D eigenvalue weighted by Crippen LogP contribution is 2.38. The normalized spacial score (nSPS) is 31.4. The Morgan fingerprint density at radius 3 is 2.79 bits per heavy atom. The fourth-order valence-corrected chi connectivity index (χ4v) is 3.97. The molecular formula is C16H26N2O. The molecule has 0 spiro atoms. The maximum Gasteiger partial charge on any atom is 0.108 e. The lowest BCUT2D eigenvalue weighted by atomic mass is 9.86. The number of hydrogen-bond acceptors (Lipinski definition) is 3. The van der Waals surface area contributed by atoms with Crippen LogP contribution in [0.4, 0.5) is 0 Å².